The topological polar surface area (TPSA) is 42.0 Å². The Labute approximate surface area is 94.1 Å². The van der Waals surface area contributed by atoms with Crippen molar-refractivity contribution in [1.29, 1.82) is 0 Å². The van der Waals surface area contributed by atoms with Crippen molar-refractivity contribution in [2.75, 3.05) is 6.54 Å². The zero-order valence-electron chi connectivity index (χ0n) is 8.87. The molecule has 0 aliphatic heterocycles. The van der Waals surface area contributed by atoms with Crippen molar-refractivity contribution < 1.29 is 9.18 Å². The molecule has 0 saturated heterocycles. The number of rotatable bonds is 5. The van der Waals surface area contributed by atoms with E-state index in [0.29, 0.717) is 13.0 Å². The molecule has 1 aromatic rings. The SMILES string of the molecule is C#CCCCCNC(=O)c1cncc(F)c1. The Kier molecular flexibility index (Phi) is 5.00. The van der Waals surface area contributed by atoms with Crippen LogP contribution in [0, 0.1) is 18.2 Å². The van der Waals surface area contributed by atoms with Crippen LogP contribution in [0.5, 0.6) is 0 Å². The Hall–Kier alpha value is -1.89. The van der Waals surface area contributed by atoms with Crippen LogP contribution in [0.3, 0.4) is 0 Å². The van der Waals surface area contributed by atoms with E-state index in [1.807, 2.05) is 0 Å². The Morgan fingerprint density at radius 2 is 2.31 bits per heavy atom. The molecule has 1 amide bonds. The number of amides is 1. The lowest BCUT2D eigenvalue weighted by Crippen LogP contribution is -2.24. The van der Waals surface area contributed by atoms with Crippen molar-refractivity contribution in [3.63, 3.8) is 0 Å². The monoisotopic (exact) mass is 220 g/mol. The van der Waals surface area contributed by atoms with Crippen molar-refractivity contribution in [2.45, 2.75) is 19.3 Å². The van der Waals surface area contributed by atoms with Crippen LogP contribution in [0.15, 0.2) is 18.5 Å². The largest absolute Gasteiger partial charge is 0.352 e. The van der Waals surface area contributed by atoms with Crippen molar-refractivity contribution in [3.8, 4) is 12.3 Å². The number of nitrogens with zero attached hydrogens (tertiary/aromatic N) is 1. The predicted molar refractivity (Wildman–Crippen MR) is 59.2 cm³/mol. The third kappa shape index (κ3) is 4.09. The summed E-state index contributed by atoms with van der Waals surface area (Å²) in [6.07, 6.45) is 9.88. The number of unbranched alkanes of at least 4 members (excludes halogenated alkanes) is 2. The van der Waals surface area contributed by atoms with Crippen LogP contribution in [0.2, 0.25) is 0 Å². The zero-order valence-corrected chi connectivity index (χ0v) is 8.87. The fourth-order valence-corrected chi connectivity index (χ4v) is 1.19. The smallest absolute Gasteiger partial charge is 0.252 e. The molecule has 4 heteroatoms. The molecule has 1 heterocycles. The molecule has 0 bridgehead atoms. The summed E-state index contributed by atoms with van der Waals surface area (Å²) in [4.78, 5) is 15.1. The molecule has 0 radical (unpaired) electrons. The molecule has 16 heavy (non-hydrogen) atoms. The van der Waals surface area contributed by atoms with E-state index in [9.17, 15) is 9.18 Å². The van der Waals surface area contributed by atoms with Gasteiger partial charge in [0.1, 0.15) is 5.82 Å². The van der Waals surface area contributed by atoms with Gasteiger partial charge in [-0.1, -0.05) is 0 Å². The number of carbonyl (C=O) groups excluding carboxylic acids is 1. The van der Waals surface area contributed by atoms with E-state index in [1.165, 1.54) is 6.20 Å². The minimum absolute atomic E-state index is 0.233. The van der Waals surface area contributed by atoms with Gasteiger partial charge in [0.15, 0.2) is 0 Å². The van der Waals surface area contributed by atoms with Gasteiger partial charge in [0.25, 0.3) is 5.91 Å². The van der Waals surface area contributed by atoms with Gasteiger partial charge < -0.3 is 5.32 Å². The average Bonchev–Trinajstić information content (AvgIpc) is 2.28. The van der Waals surface area contributed by atoms with Crippen LogP contribution in [-0.4, -0.2) is 17.4 Å². The molecule has 0 aliphatic carbocycles. The van der Waals surface area contributed by atoms with Gasteiger partial charge >= 0.3 is 0 Å². The molecule has 0 aromatic carbocycles. The number of halogens is 1. The molecule has 1 rings (SSSR count). The third-order valence-electron chi connectivity index (χ3n) is 2.00. The molecule has 0 unspecified atom stereocenters. The predicted octanol–water partition coefficient (Wildman–Crippen LogP) is 1.75. The molecule has 0 saturated carbocycles. The molecule has 3 nitrogen and oxygen atoms in total. The maximum atomic E-state index is 12.8. The first-order chi connectivity index (χ1) is 7.74. The average molecular weight is 220 g/mol. The van der Waals surface area contributed by atoms with Crippen molar-refractivity contribution in [3.05, 3.63) is 29.8 Å². The molecule has 84 valence electrons. The lowest BCUT2D eigenvalue weighted by Gasteiger charge is -2.03. The highest BCUT2D eigenvalue weighted by Crippen LogP contribution is 2.00. The number of aromatic nitrogens is 1. The quantitative estimate of drug-likeness (QED) is 0.606. The maximum absolute atomic E-state index is 12.8. The normalized spacial score (nSPS) is 9.50. The van der Waals surface area contributed by atoms with Crippen LogP contribution < -0.4 is 5.32 Å². The van der Waals surface area contributed by atoms with E-state index in [2.05, 4.69) is 16.2 Å². The summed E-state index contributed by atoms with van der Waals surface area (Å²) in [6, 6.07) is 1.16. The van der Waals surface area contributed by atoms with Gasteiger partial charge in [-0.15, -0.1) is 12.3 Å². The van der Waals surface area contributed by atoms with Gasteiger partial charge in [0.2, 0.25) is 0 Å². The van der Waals surface area contributed by atoms with E-state index in [1.54, 1.807) is 0 Å². The first-order valence-corrected chi connectivity index (χ1v) is 5.06. The molecular weight excluding hydrogens is 207 g/mol. The summed E-state index contributed by atoms with van der Waals surface area (Å²) in [5.74, 6) is 1.70. The molecule has 1 N–H and O–H groups in total. The van der Waals surface area contributed by atoms with Crippen LogP contribution in [0.1, 0.15) is 29.6 Å². The van der Waals surface area contributed by atoms with Crippen molar-refractivity contribution in [2.24, 2.45) is 0 Å². The summed E-state index contributed by atoms with van der Waals surface area (Å²) in [7, 11) is 0. The number of nitrogens with one attached hydrogen (secondary N) is 1. The lowest BCUT2D eigenvalue weighted by atomic mass is 10.2. The third-order valence-corrected chi connectivity index (χ3v) is 2.00. The van der Waals surface area contributed by atoms with E-state index in [-0.39, 0.29) is 11.5 Å². The first-order valence-electron chi connectivity index (χ1n) is 5.06. The zero-order chi connectivity index (χ0) is 11.8. The van der Waals surface area contributed by atoms with Crippen LogP contribution in [-0.2, 0) is 0 Å². The lowest BCUT2D eigenvalue weighted by molar-refractivity contribution is 0.0952. The molecule has 0 spiro atoms. The van der Waals surface area contributed by atoms with E-state index < -0.39 is 5.82 Å². The van der Waals surface area contributed by atoms with Gasteiger partial charge in [-0.05, 0) is 18.9 Å². The summed E-state index contributed by atoms with van der Waals surface area (Å²) < 4.78 is 12.8. The standard InChI is InChI=1S/C12H13FN2O/c1-2-3-4-5-6-15-12(16)10-7-11(13)9-14-8-10/h1,7-9H,3-6H2,(H,15,16). The number of hydrogen-bond donors (Lipinski definition) is 1. The van der Waals surface area contributed by atoms with Gasteiger partial charge in [0.05, 0.1) is 11.8 Å². The highest BCUT2D eigenvalue weighted by Gasteiger charge is 2.05. The van der Waals surface area contributed by atoms with Crippen LogP contribution in [0.4, 0.5) is 4.39 Å². The molecule has 0 fully saturated rings. The van der Waals surface area contributed by atoms with Crippen molar-refractivity contribution in [1.82, 2.24) is 10.3 Å². The Morgan fingerprint density at radius 1 is 1.50 bits per heavy atom. The van der Waals surface area contributed by atoms with E-state index >= 15 is 0 Å². The van der Waals surface area contributed by atoms with Gasteiger partial charge in [-0.2, -0.15) is 0 Å². The van der Waals surface area contributed by atoms with Crippen LogP contribution in [0.25, 0.3) is 0 Å². The molecule has 1 aromatic heterocycles. The minimum atomic E-state index is -0.514. The summed E-state index contributed by atoms with van der Waals surface area (Å²) in [6.45, 7) is 0.539. The summed E-state index contributed by atoms with van der Waals surface area (Å²) >= 11 is 0. The number of terminal acetylenes is 1. The Balaban J connectivity index is 2.33. The summed E-state index contributed by atoms with van der Waals surface area (Å²) in [5.41, 5.74) is 0.233. The number of carbonyl (C=O) groups is 1. The molecule has 0 atom stereocenters. The summed E-state index contributed by atoms with van der Waals surface area (Å²) in [5, 5.41) is 2.67. The molecular formula is C12H13FN2O. The van der Waals surface area contributed by atoms with Gasteiger partial charge in [0, 0.05) is 19.2 Å². The maximum Gasteiger partial charge on any atom is 0.252 e. The van der Waals surface area contributed by atoms with E-state index in [0.717, 1.165) is 25.1 Å². The second-order valence-corrected chi connectivity index (χ2v) is 3.31. The second kappa shape index (κ2) is 6.57. The fourth-order valence-electron chi connectivity index (χ4n) is 1.19. The second-order valence-electron chi connectivity index (χ2n) is 3.31. The molecule has 0 aliphatic rings. The Morgan fingerprint density at radius 3 is 3.00 bits per heavy atom. The van der Waals surface area contributed by atoms with E-state index in [4.69, 9.17) is 6.42 Å². The fraction of sp³-hybridized carbons (Fsp3) is 0.333. The van der Waals surface area contributed by atoms with Gasteiger partial charge in [-0.3, -0.25) is 9.78 Å². The van der Waals surface area contributed by atoms with Crippen molar-refractivity contribution >= 4 is 5.91 Å². The Bertz CT molecular complexity index is 398. The number of hydrogen-bond acceptors (Lipinski definition) is 2. The van der Waals surface area contributed by atoms with Gasteiger partial charge in [-0.25, -0.2) is 4.39 Å². The highest BCUT2D eigenvalue weighted by molar-refractivity contribution is 5.93. The minimum Gasteiger partial charge on any atom is -0.352 e. The highest BCUT2D eigenvalue weighted by atomic mass is 19.1. The number of pyridine rings is 1. The first kappa shape index (κ1) is 12.2. The van der Waals surface area contributed by atoms with Crippen LogP contribution >= 0.6 is 0 Å².